The standard InChI is InChI=1S/C13H19NO/c1-8-4-5-11(8)6-12-7-13(9(12)2)14-10(3)15/h4-5,7-9,11-12H,6H2,1-3H3,(H,14,15). The van der Waals surface area contributed by atoms with Crippen LogP contribution < -0.4 is 5.32 Å². The highest BCUT2D eigenvalue weighted by Crippen LogP contribution is 2.40. The minimum absolute atomic E-state index is 0.0449. The quantitative estimate of drug-likeness (QED) is 0.705. The van der Waals surface area contributed by atoms with Crippen molar-refractivity contribution in [1.29, 1.82) is 0 Å². The molecule has 0 heterocycles. The van der Waals surface area contributed by atoms with Gasteiger partial charge in [0.15, 0.2) is 0 Å². The minimum Gasteiger partial charge on any atom is -0.330 e. The van der Waals surface area contributed by atoms with Crippen LogP contribution in [0.5, 0.6) is 0 Å². The molecule has 2 heteroatoms. The van der Waals surface area contributed by atoms with Crippen LogP contribution in [0.15, 0.2) is 23.9 Å². The Balaban J connectivity index is 1.85. The second-order valence-corrected chi connectivity index (χ2v) is 4.90. The lowest BCUT2D eigenvalue weighted by Gasteiger charge is -2.38. The summed E-state index contributed by atoms with van der Waals surface area (Å²) in [4.78, 5) is 10.9. The molecule has 2 aliphatic carbocycles. The second-order valence-electron chi connectivity index (χ2n) is 4.90. The Morgan fingerprint density at radius 2 is 2.07 bits per heavy atom. The molecule has 0 aromatic heterocycles. The average molecular weight is 205 g/mol. The van der Waals surface area contributed by atoms with E-state index < -0.39 is 0 Å². The Kier molecular flexibility index (Phi) is 2.68. The van der Waals surface area contributed by atoms with Gasteiger partial charge < -0.3 is 5.32 Å². The highest BCUT2D eigenvalue weighted by molar-refractivity contribution is 5.75. The third-order valence-corrected chi connectivity index (χ3v) is 3.73. The molecule has 2 aliphatic rings. The fraction of sp³-hybridized carbons (Fsp3) is 0.615. The summed E-state index contributed by atoms with van der Waals surface area (Å²) in [7, 11) is 0. The summed E-state index contributed by atoms with van der Waals surface area (Å²) in [6.07, 6.45) is 8.03. The van der Waals surface area contributed by atoms with Crippen molar-refractivity contribution >= 4 is 5.91 Å². The molecule has 4 unspecified atom stereocenters. The molecule has 0 fully saturated rings. The highest BCUT2D eigenvalue weighted by atomic mass is 16.1. The number of carbonyl (C=O) groups excluding carboxylic acids is 1. The lowest BCUT2D eigenvalue weighted by molar-refractivity contribution is -0.118. The molecule has 15 heavy (non-hydrogen) atoms. The first-order chi connectivity index (χ1) is 7.08. The molecule has 1 N–H and O–H groups in total. The van der Waals surface area contributed by atoms with Crippen LogP contribution in [0.25, 0.3) is 0 Å². The summed E-state index contributed by atoms with van der Waals surface area (Å²) < 4.78 is 0. The maximum Gasteiger partial charge on any atom is 0.220 e. The zero-order chi connectivity index (χ0) is 11.0. The van der Waals surface area contributed by atoms with Gasteiger partial charge in [-0.3, -0.25) is 4.79 Å². The fourth-order valence-corrected chi connectivity index (χ4v) is 2.37. The van der Waals surface area contributed by atoms with Crippen molar-refractivity contribution in [2.24, 2.45) is 23.7 Å². The van der Waals surface area contributed by atoms with Gasteiger partial charge in [0.25, 0.3) is 0 Å². The van der Waals surface area contributed by atoms with Crippen molar-refractivity contribution in [2.45, 2.75) is 27.2 Å². The fourth-order valence-electron chi connectivity index (χ4n) is 2.37. The van der Waals surface area contributed by atoms with Gasteiger partial charge in [0.2, 0.25) is 5.91 Å². The number of hydrogen-bond donors (Lipinski definition) is 1. The molecule has 0 saturated carbocycles. The van der Waals surface area contributed by atoms with Gasteiger partial charge in [0.05, 0.1) is 0 Å². The van der Waals surface area contributed by atoms with Gasteiger partial charge in [-0.2, -0.15) is 0 Å². The van der Waals surface area contributed by atoms with Crippen LogP contribution in [0, 0.1) is 23.7 Å². The molecule has 4 atom stereocenters. The van der Waals surface area contributed by atoms with Gasteiger partial charge in [-0.05, 0) is 24.2 Å². The molecule has 82 valence electrons. The van der Waals surface area contributed by atoms with Crippen LogP contribution in [0.3, 0.4) is 0 Å². The van der Waals surface area contributed by atoms with E-state index in [0.29, 0.717) is 11.8 Å². The van der Waals surface area contributed by atoms with E-state index in [1.54, 1.807) is 6.92 Å². The second kappa shape index (κ2) is 3.84. The maximum absolute atomic E-state index is 10.9. The molecule has 0 aromatic carbocycles. The smallest absolute Gasteiger partial charge is 0.220 e. The molecule has 0 bridgehead atoms. The third-order valence-electron chi connectivity index (χ3n) is 3.73. The van der Waals surface area contributed by atoms with Gasteiger partial charge in [0, 0.05) is 18.5 Å². The van der Waals surface area contributed by atoms with E-state index in [-0.39, 0.29) is 5.91 Å². The van der Waals surface area contributed by atoms with E-state index in [1.165, 1.54) is 6.42 Å². The number of carbonyl (C=O) groups is 1. The Hall–Kier alpha value is -1.05. The van der Waals surface area contributed by atoms with Gasteiger partial charge in [0.1, 0.15) is 0 Å². The summed E-state index contributed by atoms with van der Waals surface area (Å²) >= 11 is 0. The van der Waals surface area contributed by atoms with E-state index in [2.05, 4.69) is 37.4 Å². The van der Waals surface area contributed by atoms with Crippen LogP contribution in [0.4, 0.5) is 0 Å². The molecule has 0 spiro atoms. The molecule has 0 radical (unpaired) electrons. The Bertz CT molecular complexity index is 329. The van der Waals surface area contributed by atoms with E-state index in [0.717, 1.165) is 17.5 Å². The SMILES string of the molecule is CC(=O)NC1=CC(CC2C=CC2C)C1C. The number of rotatable bonds is 3. The molecular weight excluding hydrogens is 186 g/mol. The van der Waals surface area contributed by atoms with Crippen LogP contribution in [0.2, 0.25) is 0 Å². The Labute approximate surface area is 91.4 Å². The summed E-state index contributed by atoms with van der Waals surface area (Å²) in [6, 6.07) is 0. The predicted octanol–water partition coefficient (Wildman–Crippen LogP) is 2.48. The molecule has 0 aromatic rings. The van der Waals surface area contributed by atoms with Crippen LogP contribution in [-0.2, 0) is 4.79 Å². The van der Waals surface area contributed by atoms with Gasteiger partial charge in [-0.15, -0.1) is 0 Å². The van der Waals surface area contributed by atoms with Crippen LogP contribution in [-0.4, -0.2) is 5.91 Å². The third kappa shape index (κ3) is 1.99. The minimum atomic E-state index is 0.0449. The molecule has 1 amide bonds. The first kappa shape index (κ1) is 10.5. The van der Waals surface area contributed by atoms with Crippen molar-refractivity contribution in [1.82, 2.24) is 5.32 Å². The first-order valence-electron chi connectivity index (χ1n) is 5.75. The number of nitrogens with one attached hydrogen (secondary N) is 1. The lowest BCUT2D eigenvalue weighted by atomic mass is 9.70. The van der Waals surface area contributed by atoms with E-state index in [9.17, 15) is 4.79 Å². The van der Waals surface area contributed by atoms with Crippen molar-refractivity contribution in [2.75, 3.05) is 0 Å². The molecule has 0 aliphatic heterocycles. The van der Waals surface area contributed by atoms with E-state index in [1.807, 2.05) is 0 Å². The number of amides is 1. The van der Waals surface area contributed by atoms with Gasteiger partial charge in [-0.25, -0.2) is 0 Å². The summed E-state index contributed by atoms with van der Waals surface area (Å²) in [5.74, 6) is 2.73. The largest absolute Gasteiger partial charge is 0.330 e. The van der Waals surface area contributed by atoms with E-state index in [4.69, 9.17) is 0 Å². The average Bonchev–Trinajstić information content (AvgIpc) is 2.18. The lowest BCUT2D eigenvalue weighted by Crippen LogP contribution is -2.36. The van der Waals surface area contributed by atoms with Gasteiger partial charge in [-0.1, -0.05) is 32.1 Å². The zero-order valence-corrected chi connectivity index (χ0v) is 9.66. The monoisotopic (exact) mass is 205 g/mol. The molecule has 0 saturated heterocycles. The summed E-state index contributed by atoms with van der Waals surface area (Å²) in [6.45, 7) is 6.03. The Morgan fingerprint density at radius 3 is 2.47 bits per heavy atom. The number of allylic oxidation sites excluding steroid dienone is 4. The Morgan fingerprint density at radius 1 is 1.33 bits per heavy atom. The van der Waals surface area contributed by atoms with Crippen LogP contribution >= 0.6 is 0 Å². The van der Waals surface area contributed by atoms with Crippen molar-refractivity contribution in [3.05, 3.63) is 23.9 Å². The van der Waals surface area contributed by atoms with Crippen molar-refractivity contribution in [3.8, 4) is 0 Å². The van der Waals surface area contributed by atoms with Crippen molar-refractivity contribution < 1.29 is 4.79 Å². The topological polar surface area (TPSA) is 29.1 Å². The zero-order valence-electron chi connectivity index (χ0n) is 9.66. The van der Waals surface area contributed by atoms with Crippen molar-refractivity contribution in [3.63, 3.8) is 0 Å². The highest BCUT2D eigenvalue weighted by Gasteiger charge is 2.33. The molecular formula is C13H19NO. The normalized spacial score (nSPS) is 37.7. The number of hydrogen-bond acceptors (Lipinski definition) is 1. The first-order valence-corrected chi connectivity index (χ1v) is 5.75. The van der Waals surface area contributed by atoms with Crippen LogP contribution in [0.1, 0.15) is 27.2 Å². The summed E-state index contributed by atoms with van der Waals surface area (Å²) in [5.41, 5.74) is 1.11. The molecule has 2 nitrogen and oxygen atoms in total. The molecule has 2 rings (SSSR count). The maximum atomic E-state index is 10.9. The van der Waals surface area contributed by atoms with Gasteiger partial charge >= 0.3 is 0 Å². The predicted molar refractivity (Wildman–Crippen MR) is 61.0 cm³/mol. The summed E-state index contributed by atoms with van der Waals surface area (Å²) in [5, 5.41) is 2.88. The van der Waals surface area contributed by atoms with E-state index >= 15 is 0 Å².